The second kappa shape index (κ2) is 5.98. The van der Waals surface area contributed by atoms with E-state index in [4.69, 9.17) is 5.73 Å². The van der Waals surface area contributed by atoms with Crippen molar-refractivity contribution in [3.63, 3.8) is 0 Å². The second-order valence-electron chi connectivity index (χ2n) is 5.43. The van der Waals surface area contributed by atoms with Crippen LogP contribution in [0.5, 0.6) is 0 Å². The van der Waals surface area contributed by atoms with Crippen molar-refractivity contribution in [1.82, 2.24) is 0 Å². The molecule has 0 aromatic heterocycles. The standard InChI is InChI=1S/C15H24N2S/c1-11(2)18-13-9-7-12(8-10-13)17(3)15-6-4-5-14(15)16/h7-11,14-15H,4-6,16H2,1-3H3. The largest absolute Gasteiger partial charge is 0.370 e. The van der Waals surface area contributed by atoms with E-state index in [1.807, 2.05) is 11.8 Å². The van der Waals surface area contributed by atoms with Gasteiger partial charge in [-0.3, -0.25) is 0 Å². The predicted octanol–water partition coefficient (Wildman–Crippen LogP) is 3.50. The molecule has 2 unspecified atom stereocenters. The summed E-state index contributed by atoms with van der Waals surface area (Å²) in [4.78, 5) is 3.69. The third-order valence-corrected chi connectivity index (χ3v) is 4.66. The Bertz CT molecular complexity index is 375. The maximum absolute atomic E-state index is 6.17. The minimum atomic E-state index is 0.333. The molecule has 0 radical (unpaired) electrons. The normalized spacial score (nSPS) is 23.6. The Labute approximate surface area is 115 Å². The highest BCUT2D eigenvalue weighted by atomic mass is 32.2. The van der Waals surface area contributed by atoms with Crippen molar-refractivity contribution in [3.05, 3.63) is 24.3 Å². The zero-order chi connectivity index (χ0) is 13.1. The Morgan fingerprint density at radius 1 is 1.22 bits per heavy atom. The molecule has 2 rings (SSSR count). The molecule has 18 heavy (non-hydrogen) atoms. The number of thioether (sulfide) groups is 1. The summed E-state index contributed by atoms with van der Waals surface area (Å²) in [5.74, 6) is 0. The van der Waals surface area contributed by atoms with E-state index in [1.165, 1.54) is 23.4 Å². The van der Waals surface area contributed by atoms with Crippen molar-refractivity contribution < 1.29 is 0 Å². The average molecular weight is 264 g/mol. The Morgan fingerprint density at radius 2 is 1.89 bits per heavy atom. The smallest absolute Gasteiger partial charge is 0.0437 e. The number of hydrogen-bond acceptors (Lipinski definition) is 3. The summed E-state index contributed by atoms with van der Waals surface area (Å²) in [6.45, 7) is 4.45. The van der Waals surface area contributed by atoms with Crippen LogP contribution >= 0.6 is 11.8 Å². The molecule has 0 bridgehead atoms. The van der Waals surface area contributed by atoms with E-state index in [-0.39, 0.29) is 0 Å². The van der Waals surface area contributed by atoms with Gasteiger partial charge in [-0.1, -0.05) is 13.8 Å². The number of anilines is 1. The van der Waals surface area contributed by atoms with Crippen molar-refractivity contribution in [1.29, 1.82) is 0 Å². The van der Waals surface area contributed by atoms with E-state index in [2.05, 4.69) is 50.1 Å². The van der Waals surface area contributed by atoms with E-state index < -0.39 is 0 Å². The summed E-state index contributed by atoms with van der Waals surface area (Å²) in [6.07, 6.45) is 3.65. The van der Waals surface area contributed by atoms with Gasteiger partial charge < -0.3 is 10.6 Å². The van der Waals surface area contributed by atoms with Crippen LogP contribution in [0.2, 0.25) is 0 Å². The number of hydrogen-bond donors (Lipinski definition) is 1. The van der Waals surface area contributed by atoms with Gasteiger partial charge in [0.1, 0.15) is 0 Å². The molecule has 1 aliphatic carbocycles. The Hall–Kier alpha value is -0.670. The predicted molar refractivity (Wildman–Crippen MR) is 81.5 cm³/mol. The van der Waals surface area contributed by atoms with Crippen LogP contribution in [0.1, 0.15) is 33.1 Å². The van der Waals surface area contributed by atoms with Crippen molar-refractivity contribution in [3.8, 4) is 0 Å². The molecule has 0 saturated heterocycles. The van der Waals surface area contributed by atoms with Crippen LogP contribution in [0.4, 0.5) is 5.69 Å². The van der Waals surface area contributed by atoms with Gasteiger partial charge in [-0.15, -0.1) is 11.8 Å². The first-order chi connectivity index (χ1) is 8.58. The summed E-state index contributed by atoms with van der Waals surface area (Å²) in [5.41, 5.74) is 7.45. The van der Waals surface area contributed by atoms with Crippen LogP contribution in [-0.2, 0) is 0 Å². The fraction of sp³-hybridized carbons (Fsp3) is 0.600. The van der Waals surface area contributed by atoms with Crippen molar-refractivity contribution >= 4 is 17.4 Å². The van der Waals surface area contributed by atoms with Gasteiger partial charge in [-0.25, -0.2) is 0 Å². The molecule has 1 aromatic rings. The van der Waals surface area contributed by atoms with E-state index in [9.17, 15) is 0 Å². The zero-order valence-electron chi connectivity index (χ0n) is 11.6. The number of nitrogens with zero attached hydrogens (tertiary/aromatic N) is 1. The Morgan fingerprint density at radius 3 is 2.39 bits per heavy atom. The summed E-state index contributed by atoms with van der Waals surface area (Å²) in [6, 6.07) is 9.72. The van der Waals surface area contributed by atoms with Gasteiger partial charge in [-0.05, 0) is 43.5 Å². The first-order valence-electron chi connectivity index (χ1n) is 6.83. The molecule has 2 nitrogen and oxygen atoms in total. The molecule has 1 saturated carbocycles. The summed E-state index contributed by atoms with van der Waals surface area (Å²) < 4.78 is 0. The topological polar surface area (TPSA) is 29.3 Å². The molecule has 0 heterocycles. The first-order valence-corrected chi connectivity index (χ1v) is 7.71. The quantitative estimate of drug-likeness (QED) is 0.844. The van der Waals surface area contributed by atoms with Gasteiger partial charge in [-0.2, -0.15) is 0 Å². The van der Waals surface area contributed by atoms with Gasteiger partial charge in [0.15, 0.2) is 0 Å². The SMILES string of the molecule is CC(C)Sc1ccc(N(C)C2CCCC2N)cc1. The molecule has 100 valence electrons. The number of nitrogens with two attached hydrogens (primary N) is 1. The molecule has 0 amide bonds. The third-order valence-electron chi connectivity index (χ3n) is 3.64. The molecular formula is C15H24N2S. The fourth-order valence-electron chi connectivity index (χ4n) is 2.67. The lowest BCUT2D eigenvalue weighted by molar-refractivity contribution is 0.572. The van der Waals surface area contributed by atoms with Gasteiger partial charge in [0.2, 0.25) is 0 Å². The minimum Gasteiger partial charge on any atom is -0.370 e. The van der Waals surface area contributed by atoms with E-state index >= 15 is 0 Å². The van der Waals surface area contributed by atoms with E-state index in [0.717, 1.165) is 6.42 Å². The van der Waals surface area contributed by atoms with Crippen molar-refractivity contribution in [2.24, 2.45) is 5.73 Å². The fourth-order valence-corrected chi connectivity index (χ4v) is 3.51. The third kappa shape index (κ3) is 3.21. The molecule has 1 aromatic carbocycles. The van der Waals surface area contributed by atoms with Crippen molar-refractivity contribution in [2.75, 3.05) is 11.9 Å². The van der Waals surface area contributed by atoms with Gasteiger partial charge in [0, 0.05) is 35.0 Å². The second-order valence-corrected chi connectivity index (χ2v) is 7.08. The lowest BCUT2D eigenvalue weighted by Crippen LogP contribution is -2.42. The van der Waals surface area contributed by atoms with Gasteiger partial charge >= 0.3 is 0 Å². The highest BCUT2D eigenvalue weighted by Gasteiger charge is 2.27. The zero-order valence-corrected chi connectivity index (χ0v) is 12.4. The minimum absolute atomic E-state index is 0.333. The van der Waals surface area contributed by atoms with E-state index in [1.54, 1.807) is 0 Å². The molecule has 0 spiro atoms. The summed E-state index contributed by atoms with van der Waals surface area (Å²) in [5, 5.41) is 0.636. The lowest BCUT2D eigenvalue weighted by Gasteiger charge is -2.30. The van der Waals surface area contributed by atoms with Gasteiger partial charge in [0.05, 0.1) is 0 Å². The summed E-state index contributed by atoms with van der Waals surface area (Å²) >= 11 is 1.91. The molecule has 1 fully saturated rings. The molecule has 0 aliphatic heterocycles. The maximum atomic E-state index is 6.17. The Balaban J connectivity index is 2.04. The Kier molecular flexibility index (Phi) is 4.57. The van der Waals surface area contributed by atoms with Crippen LogP contribution in [0.3, 0.4) is 0 Å². The number of benzene rings is 1. The first kappa shape index (κ1) is 13.8. The highest BCUT2D eigenvalue weighted by molar-refractivity contribution is 7.99. The highest BCUT2D eigenvalue weighted by Crippen LogP contribution is 2.29. The van der Waals surface area contributed by atoms with Gasteiger partial charge in [0.25, 0.3) is 0 Å². The monoisotopic (exact) mass is 264 g/mol. The van der Waals surface area contributed by atoms with Crippen molar-refractivity contribution in [2.45, 2.75) is 55.3 Å². The van der Waals surface area contributed by atoms with Crippen LogP contribution in [0.15, 0.2) is 29.2 Å². The molecular weight excluding hydrogens is 240 g/mol. The van der Waals surface area contributed by atoms with Crippen LogP contribution in [0, 0.1) is 0 Å². The van der Waals surface area contributed by atoms with Crippen LogP contribution in [0.25, 0.3) is 0 Å². The number of likely N-dealkylation sites (N-methyl/N-ethyl adjacent to an activating group) is 1. The summed E-state index contributed by atoms with van der Waals surface area (Å²) in [7, 11) is 2.17. The molecule has 1 aliphatic rings. The average Bonchev–Trinajstić information content (AvgIpc) is 2.75. The lowest BCUT2D eigenvalue weighted by atomic mass is 10.1. The maximum Gasteiger partial charge on any atom is 0.0437 e. The molecule has 2 atom stereocenters. The van der Waals surface area contributed by atoms with Crippen LogP contribution in [-0.4, -0.2) is 24.4 Å². The molecule has 2 N–H and O–H groups in total. The van der Waals surface area contributed by atoms with E-state index in [0.29, 0.717) is 17.3 Å². The van der Waals surface area contributed by atoms with Crippen LogP contribution < -0.4 is 10.6 Å². The number of rotatable bonds is 4. The molecule has 3 heteroatoms.